The minimum Gasteiger partial charge on any atom is -0.382 e. The number of rotatable bonds is 7. The Morgan fingerprint density at radius 2 is 2.43 bits per heavy atom. The Morgan fingerprint density at radius 1 is 1.71 bits per heavy atom. The van der Waals surface area contributed by atoms with Gasteiger partial charge in [-0.15, -0.1) is 0 Å². The Morgan fingerprint density at radius 3 is 3.00 bits per heavy atom. The molecular weight excluding hydrogens is 184 g/mol. The van der Waals surface area contributed by atoms with Crippen molar-refractivity contribution < 1.29 is 9.53 Å². The number of carbonyl (C=O) groups is 1. The summed E-state index contributed by atoms with van der Waals surface area (Å²) in [5.41, 5.74) is 7.97. The molecule has 14 heavy (non-hydrogen) atoms. The lowest BCUT2D eigenvalue weighted by Crippen LogP contribution is -2.26. The number of ether oxygens (including phenoxy) is 1. The van der Waals surface area contributed by atoms with Gasteiger partial charge < -0.3 is 10.1 Å². The first-order valence-corrected chi connectivity index (χ1v) is 4.51. The van der Waals surface area contributed by atoms with Crippen molar-refractivity contribution in [2.75, 3.05) is 20.2 Å². The molecule has 0 bridgehead atoms. The summed E-state index contributed by atoms with van der Waals surface area (Å²) >= 11 is 0. The maximum absolute atomic E-state index is 11.1. The van der Waals surface area contributed by atoms with Gasteiger partial charge in [0.25, 0.3) is 0 Å². The standard InChI is InChI=1S/C8H16N4O2/c1-7(14-2)3-4-8(13)10-5-6-11-12-9/h7H,3-6H2,1-2H3,(H,10,13). The quantitative estimate of drug-likeness (QED) is 0.290. The number of nitrogens with one attached hydrogen (secondary N) is 1. The highest BCUT2D eigenvalue weighted by atomic mass is 16.5. The van der Waals surface area contributed by atoms with Crippen LogP contribution in [0.3, 0.4) is 0 Å². The summed E-state index contributed by atoms with van der Waals surface area (Å²) in [6, 6.07) is 0. The molecule has 80 valence electrons. The van der Waals surface area contributed by atoms with Crippen LogP contribution in [0.4, 0.5) is 0 Å². The van der Waals surface area contributed by atoms with Crippen LogP contribution in [-0.4, -0.2) is 32.2 Å². The molecule has 0 saturated carbocycles. The lowest BCUT2D eigenvalue weighted by Gasteiger charge is -2.08. The summed E-state index contributed by atoms with van der Waals surface area (Å²) < 4.78 is 5.00. The molecule has 6 heteroatoms. The van der Waals surface area contributed by atoms with E-state index in [-0.39, 0.29) is 12.0 Å². The summed E-state index contributed by atoms with van der Waals surface area (Å²) in [7, 11) is 1.62. The van der Waals surface area contributed by atoms with Gasteiger partial charge in [0.1, 0.15) is 0 Å². The molecule has 1 unspecified atom stereocenters. The first-order valence-electron chi connectivity index (χ1n) is 4.51. The van der Waals surface area contributed by atoms with Gasteiger partial charge in [0, 0.05) is 31.5 Å². The zero-order valence-corrected chi connectivity index (χ0v) is 8.56. The number of carbonyl (C=O) groups excluding carboxylic acids is 1. The fourth-order valence-electron chi connectivity index (χ4n) is 0.831. The third kappa shape index (κ3) is 7.39. The maximum atomic E-state index is 11.1. The molecule has 0 rings (SSSR count). The lowest BCUT2D eigenvalue weighted by atomic mass is 10.2. The minimum absolute atomic E-state index is 0.0398. The van der Waals surface area contributed by atoms with E-state index >= 15 is 0 Å². The second-order valence-corrected chi connectivity index (χ2v) is 2.89. The summed E-state index contributed by atoms with van der Waals surface area (Å²) in [5.74, 6) is -0.0398. The third-order valence-corrected chi connectivity index (χ3v) is 1.78. The molecular formula is C8H16N4O2. The lowest BCUT2D eigenvalue weighted by molar-refractivity contribution is -0.121. The average Bonchev–Trinajstić information content (AvgIpc) is 2.21. The predicted molar refractivity (Wildman–Crippen MR) is 52.7 cm³/mol. The van der Waals surface area contributed by atoms with E-state index in [2.05, 4.69) is 15.3 Å². The molecule has 6 nitrogen and oxygen atoms in total. The van der Waals surface area contributed by atoms with Crippen LogP contribution in [0.25, 0.3) is 10.4 Å². The Labute approximate surface area is 83.3 Å². The molecule has 0 spiro atoms. The van der Waals surface area contributed by atoms with E-state index in [4.69, 9.17) is 10.3 Å². The van der Waals surface area contributed by atoms with Crippen LogP contribution in [0.5, 0.6) is 0 Å². The molecule has 0 fully saturated rings. The number of azide groups is 1. The van der Waals surface area contributed by atoms with Gasteiger partial charge in [-0.05, 0) is 18.9 Å². The second-order valence-electron chi connectivity index (χ2n) is 2.89. The van der Waals surface area contributed by atoms with Gasteiger partial charge in [-0.3, -0.25) is 4.79 Å². The Balaban J connectivity index is 3.41. The van der Waals surface area contributed by atoms with E-state index in [0.29, 0.717) is 25.9 Å². The van der Waals surface area contributed by atoms with Crippen molar-refractivity contribution in [3.8, 4) is 0 Å². The van der Waals surface area contributed by atoms with Crippen LogP contribution in [0, 0.1) is 0 Å². The van der Waals surface area contributed by atoms with Crippen LogP contribution < -0.4 is 5.32 Å². The van der Waals surface area contributed by atoms with E-state index in [0.717, 1.165) is 0 Å². The van der Waals surface area contributed by atoms with E-state index in [9.17, 15) is 4.79 Å². The van der Waals surface area contributed by atoms with Crippen LogP contribution in [-0.2, 0) is 9.53 Å². The number of hydrogen-bond donors (Lipinski definition) is 1. The molecule has 0 aromatic carbocycles. The van der Waals surface area contributed by atoms with Gasteiger partial charge >= 0.3 is 0 Å². The summed E-state index contributed by atoms with van der Waals surface area (Å²) in [4.78, 5) is 13.7. The molecule has 0 aliphatic carbocycles. The summed E-state index contributed by atoms with van der Waals surface area (Å²) in [5, 5.41) is 5.93. The van der Waals surface area contributed by atoms with Gasteiger partial charge in [0.05, 0.1) is 6.10 Å². The maximum Gasteiger partial charge on any atom is 0.220 e. The molecule has 0 heterocycles. The Hall–Kier alpha value is -1.26. The highest BCUT2D eigenvalue weighted by Gasteiger charge is 2.04. The van der Waals surface area contributed by atoms with Crippen molar-refractivity contribution in [1.29, 1.82) is 0 Å². The monoisotopic (exact) mass is 200 g/mol. The number of amides is 1. The highest BCUT2D eigenvalue weighted by Crippen LogP contribution is 1.99. The zero-order chi connectivity index (χ0) is 10.8. The summed E-state index contributed by atoms with van der Waals surface area (Å²) in [6.45, 7) is 2.60. The first kappa shape index (κ1) is 12.7. The molecule has 0 aromatic heterocycles. The fourth-order valence-corrected chi connectivity index (χ4v) is 0.831. The SMILES string of the molecule is COC(C)CCC(=O)NCCN=[N+]=[N-]. The Bertz CT molecular complexity index is 213. The Kier molecular flexibility index (Phi) is 7.59. The van der Waals surface area contributed by atoms with Gasteiger partial charge in [0.15, 0.2) is 0 Å². The van der Waals surface area contributed by atoms with Crippen molar-refractivity contribution in [2.24, 2.45) is 5.11 Å². The third-order valence-electron chi connectivity index (χ3n) is 1.78. The van der Waals surface area contributed by atoms with Gasteiger partial charge in [-0.2, -0.15) is 0 Å². The van der Waals surface area contributed by atoms with Crippen molar-refractivity contribution in [1.82, 2.24) is 5.32 Å². The van der Waals surface area contributed by atoms with Gasteiger partial charge in [0.2, 0.25) is 5.91 Å². The molecule has 0 aromatic rings. The zero-order valence-electron chi connectivity index (χ0n) is 8.56. The van der Waals surface area contributed by atoms with Gasteiger partial charge in [-0.1, -0.05) is 5.11 Å². The molecule has 0 radical (unpaired) electrons. The summed E-state index contributed by atoms with van der Waals surface area (Å²) in [6.07, 6.45) is 1.23. The normalized spacial score (nSPS) is 11.6. The smallest absolute Gasteiger partial charge is 0.220 e. The minimum atomic E-state index is -0.0398. The molecule has 1 N–H and O–H groups in total. The van der Waals surface area contributed by atoms with E-state index in [1.807, 2.05) is 6.92 Å². The molecule has 1 atom stereocenters. The van der Waals surface area contributed by atoms with Gasteiger partial charge in [-0.25, -0.2) is 0 Å². The molecule has 0 aliphatic rings. The number of hydrogen-bond acceptors (Lipinski definition) is 3. The average molecular weight is 200 g/mol. The van der Waals surface area contributed by atoms with E-state index in [1.54, 1.807) is 7.11 Å². The van der Waals surface area contributed by atoms with E-state index < -0.39 is 0 Å². The molecule has 0 aliphatic heterocycles. The van der Waals surface area contributed by atoms with Crippen molar-refractivity contribution in [3.05, 3.63) is 10.4 Å². The van der Waals surface area contributed by atoms with Crippen LogP contribution in [0.2, 0.25) is 0 Å². The molecule has 0 saturated heterocycles. The largest absolute Gasteiger partial charge is 0.382 e. The van der Waals surface area contributed by atoms with Crippen LogP contribution in [0.1, 0.15) is 19.8 Å². The second kappa shape index (κ2) is 8.34. The fraction of sp³-hybridized carbons (Fsp3) is 0.875. The number of methoxy groups -OCH3 is 1. The predicted octanol–water partition coefficient (Wildman–Crippen LogP) is 1.23. The topological polar surface area (TPSA) is 87.1 Å². The highest BCUT2D eigenvalue weighted by molar-refractivity contribution is 5.75. The van der Waals surface area contributed by atoms with Crippen LogP contribution in [0.15, 0.2) is 5.11 Å². The van der Waals surface area contributed by atoms with Crippen molar-refractivity contribution in [2.45, 2.75) is 25.9 Å². The van der Waals surface area contributed by atoms with Crippen molar-refractivity contribution >= 4 is 5.91 Å². The number of nitrogens with zero attached hydrogens (tertiary/aromatic N) is 3. The first-order chi connectivity index (χ1) is 6.70. The van der Waals surface area contributed by atoms with E-state index in [1.165, 1.54) is 0 Å². The molecule has 1 amide bonds. The van der Waals surface area contributed by atoms with Crippen molar-refractivity contribution in [3.63, 3.8) is 0 Å². The van der Waals surface area contributed by atoms with Crippen LogP contribution >= 0.6 is 0 Å².